The molecule has 0 radical (unpaired) electrons. The predicted molar refractivity (Wildman–Crippen MR) is 104 cm³/mol. The minimum Gasteiger partial charge on any atom is -0.497 e. The maximum absolute atomic E-state index is 12.0. The summed E-state index contributed by atoms with van der Waals surface area (Å²) in [6.07, 6.45) is 0.334. The highest BCUT2D eigenvalue weighted by Gasteiger charge is 2.13. The molecule has 2 N–H and O–H groups in total. The summed E-state index contributed by atoms with van der Waals surface area (Å²) in [6, 6.07) is 14.1. The van der Waals surface area contributed by atoms with Crippen LogP contribution in [0.1, 0.15) is 22.7 Å². The fraction of sp³-hybridized carbons (Fsp3) is 0.158. The highest BCUT2D eigenvalue weighted by molar-refractivity contribution is 9.10. The van der Waals surface area contributed by atoms with Gasteiger partial charge in [0.15, 0.2) is 0 Å². The summed E-state index contributed by atoms with van der Waals surface area (Å²) in [5.74, 6) is 0.706. The zero-order chi connectivity index (χ0) is 19.9. The molecule has 3 aromatic rings. The maximum atomic E-state index is 12.0. The first-order valence-electron chi connectivity index (χ1n) is 8.37. The lowest BCUT2D eigenvalue weighted by atomic mass is 10.2. The summed E-state index contributed by atoms with van der Waals surface area (Å²) in [7, 11) is 1.59. The number of nitrogens with zero attached hydrogens (tertiary/aromatic N) is 2. The number of halogens is 1. The van der Waals surface area contributed by atoms with Crippen LogP contribution in [-0.4, -0.2) is 29.1 Å². The van der Waals surface area contributed by atoms with Crippen molar-refractivity contribution in [1.82, 2.24) is 21.0 Å². The summed E-state index contributed by atoms with van der Waals surface area (Å²) in [6.45, 7) is 0. The van der Waals surface area contributed by atoms with Crippen LogP contribution in [0.25, 0.3) is 11.4 Å². The van der Waals surface area contributed by atoms with Gasteiger partial charge in [-0.2, -0.15) is 4.98 Å². The van der Waals surface area contributed by atoms with E-state index in [0.29, 0.717) is 21.8 Å². The molecule has 0 spiro atoms. The monoisotopic (exact) mass is 444 g/mol. The van der Waals surface area contributed by atoms with Gasteiger partial charge in [0.25, 0.3) is 5.91 Å². The van der Waals surface area contributed by atoms with Crippen molar-refractivity contribution in [1.29, 1.82) is 0 Å². The van der Waals surface area contributed by atoms with E-state index < -0.39 is 5.91 Å². The Kier molecular flexibility index (Phi) is 6.38. The second kappa shape index (κ2) is 9.14. The number of amides is 2. The van der Waals surface area contributed by atoms with Gasteiger partial charge in [0, 0.05) is 22.9 Å². The summed E-state index contributed by atoms with van der Waals surface area (Å²) < 4.78 is 10.9. The topological polar surface area (TPSA) is 106 Å². The second-order valence-electron chi connectivity index (χ2n) is 5.72. The first kappa shape index (κ1) is 19.6. The number of hydrazine groups is 1. The zero-order valence-corrected chi connectivity index (χ0v) is 16.5. The number of benzene rings is 2. The lowest BCUT2D eigenvalue weighted by Gasteiger charge is -2.07. The second-order valence-corrected chi connectivity index (χ2v) is 6.58. The SMILES string of the molecule is COc1ccc(-c2noc(CCC(=O)NNC(=O)c3ccccc3Br)n2)cc1. The lowest BCUT2D eigenvalue weighted by molar-refractivity contribution is -0.121. The molecule has 9 heteroatoms. The third-order valence-electron chi connectivity index (χ3n) is 3.82. The molecular formula is C19H17BrN4O4. The van der Waals surface area contributed by atoms with Crippen LogP contribution in [0.4, 0.5) is 0 Å². The molecule has 144 valence electrons. The Morgan fingerprint density at radius 3 is 2.57 bits per heavy atom. The van der Waals surface area contributed by atoms with Gasteiger partial charge in [0.05, 0.1) is 12.7 Å². The molecule has 3 rings (SSSR count). The number of carbonyl (C=O) groups is 2. The van der Waals surface area contributed by atoms with Gasteiger partial charge in [0.1, 0.15) is 5.75 Å². The van der Waals surface area contributed by atoms with Crippen LogP contribution in [0, 0.1) is 0 Å². The fourth-order valence-electron chi connectivity index (χ4n) is 2.34. The number of nitrogens with one attached hydrogen (secondary N) is 2. The Bertz CT molecular complexity index is 972. The Labute approximate surface area is 169 Å². The normalized spacial score (nSPS) is 10.4. The molecule has 28 heavy (non-hydrogen) atoms. The van der Waals surface area contributed by atoms with E-state index in [1.54, 1.807) is 43.5 Å². The fourth-order valence-corrected chi connectivity index (χ4v) is 2.80. The third kappa shape index (κ3) is 4.95. The van der Waals surface area contributed by atoms with Crippen LogP contribution in [0.15, 0.2) is 57.5 Å². The van der Waals surface area contributed by atoms with E-state index in [4.69, 9.17) is 9.26 Å². The highest BCUT2D eigenvalue weighted by Crippen LogP contribution is 2.20. The van der Waals surface area contributed by atoms with Gasteiger partial charge in [0.2, 0.25) is 17.6 Å². The highest BCUT2D eigenvalue weighted by atomic mass is 79.9. The molecule has 2 aromatic carbocycles. The van der Waals surface area contributed by atoms with Gasteiger partial charge in [-0.25, -0.2) is 0 Å². The first-order valence-corrected chi connectivity index (χ1v) is 9.17. The largest absolute Gasteiger partial charge is 0.497 e. The van der Waals surface area contributed by atoms with E-state index in [-0.39, 0.29) is 18.7 Å². The van der Waals surface area contributed by atoms with Gasteiger partial charge in [-0.15, -0.1) is 0 Å². The average Bonchev–Trinajstić information content (AvgIpc) is 3.20. The van der Waals surface area contributed by atoms with Gasteiger partial charge in [-0.05, 0) is 52.3 Å². The van der Waals surface area contributed by atoms with Crippen molar-refractivity contribution < 1.29 is 18.8 Å². The maximum Gasteiger partial charge on any atom is 0.270 e. The van der Waals surface area contributed by atoms with Crippen LogP contribution in [0.5, 0.6) is 5.75 Å². The van der Waals surface area contributed by atoms with Gasteiger partial charge in [-0.1, -0.05) is 17.3 Å². The van der Waals surface area contributed by atoms with Crippen LogP contribution in [0.2, 0.25) is 0 Å². The Morgan fingerprint density at radius 1 is 1.11 bits per heavy atom. The number of ether oxygens (including phenoxy) is 1. The van der Waals surface area contributed by atoms with Crippen LogP contribution in [-0.2, 0) is 11.2 Å². The molecule has 0 aliphatic heterocycles. The van der Waals surface area contributed by atoms with Crippen LogP contribution in [0.3, 0.4) is 0 Å². The van der Waals surface area contributed by atoms with Crippen molar-refractivity contribution in [2.45, 2.75) is 12.8 Å². The van der Waals surface area contributed by atoms with Gasteiger partial charge in [-0.3, -0.25) is 20.4 Å². The Hall–Kier alpha value is -3.20. The molecular weight excluding hydrogens is 428 g/mol. The minimum atomic E-state index is -0.416. The van der Waals surface area contributed by atoms with Crippen molar-refractivity contribution in [3.63, 3.8) is 0 Å². The van der Waals surface area contributed by atoms with Crippen molar-refractivity contribution >= 4 is 27.7 Å². The smallest absolute Gasteiger partial charge is 0.270 e. The van der Waals surface area contributed by atoms with E-state index in [1.165, 1.54) is 0 Å². The molecule has 8 nitrogen and oxygen atoms in total. The zero-order valence-electron chi connectivity index (χ0n) is 14.9. The van der Waals surface area contributed by atoms with Crippen molar-refractivity contribution in [3.05, 3.63) is 64.5 Å². The average molecular weight is 445 g/mol. The van der Waals surface area contributed by atoms with E-state index in [2.05, 4.69) is 36.9 Å². The number of hydrogen-bond acceptors (Lipinski definition) is 6. The molecule has 0 atom stereocenters. The number of rotatable bonds is 6. The molecule has 1 heterocycles. The molecule has 0 fully saturated rings. The van der Waals surface area contributed by atoms with Crippen molar-refractivity contribution in [3.8, 4) is 17.1 Å². The van der Waals surface area contributed by atoms with Crippen LogP contribution >= 0.6 is 15.9 Å². The van der Waals surface area contributed by atoms with E-state index in [1.807, 2.05) is 12.1 Å². The van der Waals surface area contributed by atoms with Gasteiger partial charge < -0.3 is 9.26 Å². The minimum absolute atomic E-state index is 0.0838. The molecule has 0 bridgehead atoms. The summed E-state index contributed by atoms with van der Waals surface area (Å²) in [4.78, 5) is 28.3. The lowest BCUT2D eigenvalue weighted by Crippen LogP contribution is -2.41. The van der Waals surface area contributed by atoms with Gasteiger partial charge >= 0.3 is 0 Å². The Morgan fingerprint density at radius 2 is 1.86 bits per heavy atom. The first-order chi connectivity index (χ1) is 13.6. The quantitative estimate of drug-likeness (QED) is 0.566. The van der Waals surface area contributed by atoms with E-state index >= 15 is 0 Å². The Balaban J connectivity index is 1.49. The number of methoxy groups -OCH3 is 1. The number of hydrogen-bond donors (Lipinski definition) is 2. The van der Waals surface area contributed by atoms with E-state index in [9.17, 15) is 9.59 Å². The standard InChI is InChI=1S/C19H17BrN4O4/c1-27-13-8-6-12(7-9-13)18-21-17(28-24-18)11-10-16(25)22-23-19(26)14-4-2-3-5-15(14)20/h2-9H,10-11H2,1H3,(H,22,25)(H,23,26). The van der Waals surface area contributed by atoms with Crippen molar-refractivity contribution in [2.75, 3.05) is 7.11 Å². The van der Waals surface area contributed by atoms with Crippen molar-refractivity contribution in [2.24, 2.45) is 0 Å². The molecule has 0 unspecified atom stereocenters. The summed E-state index contributed by atoms with van der Waals surface area (Å²) >= 11 is 3.29. The molecule has 1 aromatic heterocycles. The number of aromatic nitrogens is 2. The van der Waals surface area contributed by atoms with E-state index in [0.717, 1.165) is 11.3 Å². The summed E-state index contributed by atoms with van der Waals surface area (Å²) in [5, 5.41) is 3.91. The molecule has 0 saturated carbocycles. The molecule has 0 aliphatic carbocycles. The molecule has 0 saturated heterocycles. The third-order valence-corrected chi connectivity index (χ3v) is 4.51. The number of carbonyl (C=O) groups excluding carboxylic acids is 2. The predicted octanol–water partition coefficient (Wildman–Crippen LogP) is 2.90. The van der Waals surface area contributed by atoms with Crippen LogP contribution < -0.4 is 15.6 Å². The number of aryl methyl sites for hydroxylation is 1. The summed E-state index contributed by atoms with van der Waals surface area (Å²) in [5.41, 5.74) is 5.94. The molecule has 0 aliphatic rings. The molecule has 2 amide bonds.